The monoisotopic (exact) mass is 959 g/mol. The summed E-state index contributed by atoms with van der Waals surface area (Å²) in [4.78, 5) is 24.7. The number of aliphatic hydroxyl groups excluding tert-OH is 2. The lowest BCUT2D eigenvalue weighted by Gasteiger charge is -2.27. The van der Waals surface area contributed by atoms with E-state index in [-0.39, 0.29) is 19.6 Å². The van der Waals surface area contributed by atoms with Crippen LogP contribution in [0.1, 0.15) is 334 Å². The van der Waals surface area contributed by atoms with Gasteiger partial charge in [0.2, 0.25) is 0 Å². The van der Waals surface area contributed by atoms with Gasteiger partial charge in [-0.1, -0.05) is 314 Å². The Labute approximate surface area is 423 Å². The van der Waals surface area contributed by atoms with Crippen molar-refractivity contribution in [1.82, 2.24) is 0 Å². The zero-order valence-electron chi connectivity index (χ0n) is 45.7. The Bertz CT molecular complexity index is 1070. The van der Waals surface area contributed by atoms with Crippen molar-refractivity contribution in [2.45, 2.75) is 334 Å². The van der Waals surface area contributed by atoms with Crippen LogP contribution in [0.2, 0.25) is 0 Å². The minimum atomic E-state index is -1.12. The molecule has 1 unspecified atom stereocenters. The molecule has 1 fully saturated rings. The third kappa shape index (κ3) is 43.4. The minimum Gasteiger partial charge on any atom is -0.465 e. The lowest BCUT2D eigenvalue weighted by atomic mass is 9.92. The van der Waals surface area contributed by atoms with Gasteiger partial charge in [0, 0.05) is 0 Å². The Morgan fingerprint density at radius 2 is 0.632 bits per heavy atom. The van der Waals surface area contributed by atoms with Crippen LogP contribution >= 0.6 is 0 Å². The standard InChI is InChI=1S/C62H118O6/c1-2-3-4-5-6-7-8-9-10-11-12-13-14-15-16-17-18-19-20-21-22-23-24-25-26-27-28-29-30-31-32-33-34-35-36-37-38-39-40-41-42-43-44-45-46-47-48-49-50-51-52-53-59-54-60(65)67-57-62(55-63,56-64)58-68-61(59)66/h3-4,59,63-64H,2,5-58H2,1H3/b4-3+. The van der Waals surface area contributed by atoms with Crippen molar-refractivity contribution in [3.05, 3.63) is 12.2 Å². The number of allylic oxidation sites excluding steroid dienone is 2. The summed E-state index contributed by atoms with van der Waals surface area (Å²) < 4.78 is 10.6. The lowest BCUT2D eigenvalue weighted by Crippen LogP contribution is -2.40. The Morgan fingerprint density at radius 1 is 0.382 bits per heavy atom. The summed E-state index contributed by atoms with van der Waals surface area (Å²) in [6.45, 7) is 1.13. The maximum atomic E-state index is 12.5. The quantitative estimate of drug-likeness (QED) is 0.0358. The molecule has 1 aliphatic heterocycles. The summed E-state index contributed by atoms with van der Waals surface area (Å²) in [5.41, 5.74) is -1.12. The van der Waals surface area contributed by atoms with E-state index < -0.39 is 36.5 Å². The van der Waals surface area contributed by atoms with Crippen LogP contribution < -0.4 is 0 Å². The zero-order chi connectivity index (χ0) is 49.0. The van der Waals surface area contributed by atoms with Gasteiger partial charge >= 0.3 is 11.9 Å². The molecule has 402 valence electrons. The van der Waals surface area contributed by atoms with Gasteiger partial charge in [-0.05, 0) is 25.7 Å². The molecule has 6 heteroatoms. The molecular weight excluding hydrogens is 841 g/mol. The van der Waals surface area contributed by atoms with Crippen molar-refractivity contribution < 1.29 is 29.3 Å². The number of ether oxygens (including phenoxy) is 2. The zero-order valence-corrected chi connectivity index (χ0v) is 45.7. The molecular formula is C62H118O6. The van der Waals surface area contributed by atoms with Crippen LogP contribution in [0.5, 0.6) is 0 Å². The second kappa shape index (κ2) is 51.9. The van der Waals surface area contributed by atoms with Gasteiger partial charge in [0.05, 0.1) is 31.0 Å². The summed E-state index contributed by atoms with van der Waals surface area (Å²) >= 11 is 0. The summed E-state index contributed by atoms with van der Waals surface area (Å²) in [5, 5.41) is 19.2. The van der Waals surface area contributed by atoms with Crippen LogP contribution in [0.4, 0.5) is 0 Å². The van der Waals surface area contributed by atoms with Crippen LogP contribution in [0.15, 0.2) is 12.2 Å². The second-order valence-electron chi connectivity index (χ2n) is 22.1. The number of aliphatic hydroxyl groups is 2. The van der Waals surface area contributed by atoms with Crippen LogP contribution in [0, 0.1) is 11.3 Å². The molecule has 1 rings (SSSR count). The summed E-state index contributed by atoms with van der Waals surface area (Å²) in [5.74, 6) is -1.40. The van der Waals surface area contributed by atoms with Gasteiger partial charge in [-0.25, -0.2) is 0 Å². The molecule has 0 amide bonds. The van der Waals surface area contributed by atoms with E-state index in [9.17, 15) is 19.8 Å². The molecule has 0 saturated carbocycles. The van der Waals surface area contributed by atoms with Crippen molar-refractivity contribution in [3.8, 4) is 0 Å². The lowest BCUT2D eigenvalue weighted by molar-refractivity contribution is -0.155. The third-order valence-electron chi connectivity index (χ3n) is 15.3. The highest BCUT2D eigenvalue weighted by atomic mass is 16.6. The highest BCUT2D eigenvalue weighted by Crippen LogP contribution is 2.25. The molecule has 0 spiro atoms. The average Bonchev–Trinajstić information content (AvgIpc) is 3.40. The minimum absolute atomic E-state index is 0.00520. The second-order valence-corrected chi connectivity index (χ2v) is 22.1. The van der Waals surface area contributed by atoms with E-state index in [1.54, 1.807) is 0 Å². The third-order valence-corrected chi connectivity index (χ3v) is 15.3. The van der Waals surface area contributed by atoms with Crippen LogP contribution in [0.25, 0.3) is 0 Å². The molecule has 2 N–H and O–H groups in total. The van der Waals surface area contributed by atoms with E-state index in [0.717, 1.165) is 19.3 Å². The molecule has 0 aromatic rings. The fourth-order valence-electron chi connectivity index (χ4n) is 10.3. The topological polar surface area (TPSA) is 93.1 Å². The van der Waals surface area contributed by atoms with Gasteiger partial charge < -0.3 is 19.7 Å². The van der Waals surface area contributed by atoms with E-state index in [1.807, 2.05) is 0 Å². The maximum absolute atomic E-state index is 12.5. The van der Waals surface area contributed by atoms with Gasteiger partial charge in [-0.2, -0.15) is 0 Å². The molecule has 0 aliphatic carbocycles. The largest absolute Gasteiger partial charge is 0.465 e. The molecule has 1 saturated heterocycles. The first-order chi connectivity index (χ1) is 33.6. The number of carbonyl (C=O) groups excluding carboxylic acids is 2. The Kier molecular flexibility index (Phi) is 49.4. The van der Waals surface area contributed by atoms with Crippen LogP contribution in [0.3, 0.4) is 0 Å². The molecule has 68 heavy (non-hydrogen) atoms. The van der Waals surface area contributed by atoms with Crippen molar-refractivity contribution in [2.75, 3.05) is 26.4 Å². The van der Waals surface area contributed by atoms with Gasteiger partial charge in [0.25, 0.3) is 0 Å². The van der Waals surface area contributed by atoms with E-state index in [1.165, 1.54) is 295 Å². The predicted molar refractivity (Wildman–Crippen MR) is 292 cm³/mol. The average molecular weight is 960 g/mol. The Morgan fingerprint density at radius 3 is 0.897 bits per heavy atom. The van der Waals surface area contributed by atoms with E-state index in [0.29, 0.717) is 6.42 Å². The number of unbranched alkanes of at least 4 members (excludes halogenated alkanes) is 47. The number of esters is 2. The first kappa shape index (κ1) is 64.6. The van der Waals surface area contributed by atoms with Crippen molar-refractivity contribution >= 4 is 11.9 Å². The number of hydrogen-bond acceptors (Lipinski definition) is 6. The van der Waals surface area contributed by atoms with Crippen molar-refractivity contribution in [2.24, 2.45) is 11.3 Å². The fraction of sp³-hybridized carbons (Fsp3) is 0.935. The first-order valence-electron chi connectivity index (χ1n) is 30.8. The summed E-state index contributed by atoms with van der Waals surface area (Å²) in [7, 11) is 0. The maximum Gasteiger partial charge on any atom is 0.309 e. The highest BCUT2D eigenvalue weighted by Gasteiger charge is 2.36. The van der Waals surface area contributed by atoms with Gasteiger partial charge in [0.1, 0.15) is 13.2 Å². The van der Waals surface area contributed by atoms with Gasteiger partial charge in [0.15, 0.2) is 0 Å². The molecule has 0 bridgehead atoms. The van der Waals surface area contributed by atoms with Crippen molar-refractivity contribution in [3.63, 3.8) is 0 Å². The molecule has 1 heterocycles. The molecule has 1 atom stereocenters. The summed E-state index contributed by atoms with van der Waals surface area (Å²) in [6.07, 6.45) is 74.3. The molecule has 0 aromatic heterocycles. The normalized spacial score (nSPS) is 15.4. The first-order valence-corrected chi connectivity index (χ1v) is 30.8. The Balaban J connectivity index is 1.68. The van der Waals surface area contributed by atoms with Crippen LogP contribution in [-0.2, 0) is 19.1 Å². The number of hydrogen-bond donors (Lipinski definition) is 2. The molecule has 1 aliphatic rings. The van der Waals surface area contributed by atoms with Gasteiger partial charge in [-0.15, -0.1) is 0 Å². The van der Waals surface area contributed by atoms with Crippen molar-refractivity contribution in [1.29, 1.82) is 0 Å². The van der Waals surface area contributed by atoms with E-state index in [4.69, 9.17) is 9.47 Å². The SMILES string of the molecule is CC/C=C/CCCCCCCCCCCCCCCCCCCCCCCCCCCCCCCCCCCCCCCCCCCCCCCCCC1CC(=O)OCC(CO)(CO)COC1=O. The fourth-order valence-corrected chi connectivity index (χ4v) is 10.3. The number of cyclic esters (lactones) is 2. The summed E-state index contributed by atoms with van der Waals surface area (Å²) in [6, 6.07) is 0. The van der Waals surface area contributed by atoms with E-state index in [2.05, 4.69) is 19.1 Å². The number of carbonyl (C=O) groups is 2. The highest BCUT2D eigenvalue weighted by molar-refractivity contribution is 5.80. The Hall–Kier alpha value is -1.40. The van der Waals surface area contributed by atoms with Crippen LogP contribution in [-0.4, -0.2) is 48.6 Å². The molecule has 0 aromatic carbocycles. The number of rotatable bonds is 53. The smallest absolute Gasteiger partial charge is 0.309 e. The van der Waals surface area contributed by atoms with Gasteiger partial charge in [-0.3, -0.25) is 9.59 Å². The van der Waals surface area contributed by atoms with E-state index >= 15 is 0 Å². The predicted octanol–water partition coefficient (Wildman–Crippen LogP) is 19.1. The molecule has 6 nitrogen and oxygen atoms in total. The molecule has 0 radical (unpaired) electrons.